The maximum absolute atomic E-state index is 12.5. The number of carbonyl (C=O) groups is 1. The Bertz CT molecular complexity index is 1050. The predicted molar refractivity (Wildman–Crippen MR) is 131 cm³/mol. The number of nitrogens with one attached hydrogen (secondary N) is 1. The van der Waals surface area contributed by atoms with Crippen LogP contribution in [0.25, 0.3) is 0 Å². The third kappa shape index (κ3) is 6.87. The Balaban J connectivity index is 1.54. The molecule has 180 valence electrons. The molecule has 1 N–H and O–H groups in total. The molecular weight excluding hydrogens is 440 g/mol. The molecule has 8 heteroatoms. The van der Waals surface area contributed by atoms with Gasteiger partial charge in [0.15, 0.2) is 11.5 Å². The molecular formula is C25H34N2O5S. The third-order valence-corrected chi connectivity index (χ3v) is 6.95. The molecule has 0 spiro atoms. The van der Waals surface area contributed by atoms with E-state index in [-0.39, 0.29) is 30.3 Å². The Morgan fingerprint density at radius 3 is 2.42 bits per heavy atom. The van der Waals surface area contributed by atoms with E-state index in [4.69, 9.17) is 9.47 Å². The molecule has 1 atom stereocenters. The molecule has 3 rings (SSSR count). The molecule has 0 unspecified atom stereocenters. The first-order chi connectivity index (χ1) is 15.6. The monoisotopic (exact) mass is 474 g/mol. The maximum Gasteiger partial charge on any atom is 0.232 e. The van der Waals surface area contributed by atoms with Gasteiger partial charge in [-0.05, 0) is 42.9 Å². The Labute approximate surface area is 197 Å². The topological polar surface area (TPSA) is 84.9 Å². The highest BCUT2D eigenvalue weighted by Crippen LogP contribution is 2.34. The second-order valence-electron chi connectivity index (χ2n) is 9.19. The molecule has 2 aromatic carbocycles. The van der Waals surface area contributed by atoms with Gasteiger partial charge < -0.3 is 14.8 Å². The quantitative estimate of drug-likeness (QED) is 0.565. The summed E-state index contributed by atoms with van der Waals surface area (Å²) in [6.07, 6.45) is 2.61. The number of carbonyl (C=O) groups excluding carboxylic acids is 1. The second kappa shape index (κ2) is 10.5. The van der Waals surface area contributed by atoms with Gasteiger partial charge in [-0.25, -0.2) is 8.42 Å². The summed E-state index contributed by atoms with van der Waals surface area (Å²) in [4.78, 5) is 12.5. The predicted octanol–water partition coefficient (Wildman–Crippen LogP) is 3.88. The van der Waals surface area contributed by atoms with Gasteiger partial charge in [0, 0.05) is 25.1 Å². The molecule has 1 aliphatic heterocycles. The second-order valence-corrected chi connectivity index (χ2v) is 11.1. The highest BCUT2D eigenvalue weighted by atomic mass is 32.2. The average Bonchev–Trinajstić information content (AvgIpc) is 2.75. The lowest BCUT2D eigenvalue weighted by Gasteiger charge is -2.29. The van der Waals surface area contributed by atoms with E-state index in [1.54, 1.807) is 18.2 Å². The van der Waals surface area contributed by atoms with Gasteiger partial charge in [-0.3, -0.25) is 9.10 Å². The van der Waals surface area contributed by atoms with Crippen LogP contribution in [0, 0.1) is 0 Å². The summed E-state index contributed by atoms with van der Waals surface area (Å²) in [6, 6.07) is 15.3. The third-order valence-electron chi connectivity index (χ3n) is 5.76. The Morgan fingerprint density at radius 1 is 1.09 bits per heavy atom. The summed E-state index contributed by atoms with van der Waals surface area (Å²) in [6.45, 7) is 7.44. The lowest BCUT2D eigenvalue weighted by molar-refractivity contribution is -0.121. The molecule has 0 aliphatic carbocycles. The number of ether oxygens (including phenoxy) is 2. The van der Waals surface area contributed by atoms with Crippen LogP contribution < -0.4 is 19.1 Å². The van der Waals surface area contributed by atoms with Gasteiger partial charge >= 0.3 is 0 Å². The molecule has 0 saturated carbocycles. The van der Waals surface area contributed by atoms with E-state index in [9.17, 15) is 13.2 Å². The van der Waals surface area contributed by atoms with Gasteiger partial charge in [0.1, 0.15) is 13.2 Å². The highest BCUT2D eigenvalue weighted by molar-refractivity contribution is 7.92. The minimum atomic E-state index is -3.51. The van der Waals surface area contributed by atoms with Gasteiger partial charge in [-0.2, -0.15) is 0 Å². The average molecular weight is 475 g/mol. The number of benzene rings is 2. The van der Waals surface area contributed by atoms with Crippen LogP contribution in [0.2, 0.25) is 0 Å². The first-order valence-electron chi connectivity index (χ1n) is 11.3. The summed E-state index contributed by atoms with van der Waals surface area (Å²) in [7, 11) is -3.51. The van der Waals surface area contributed by atoms with E-state index in [1.165, 1.54) is 9.87 Å². The molecule has 0 radical (unpaired) electrons. The lowest BCUT2D eigenvalue weighted by Crippen LogP contribution is -2.38. The molecule has 0 aromatic heterocycles. The van der Waals surface area contributed by atoms with E-state index in [0.717, 1.165) is 12.7 Å². The number of fused-ring (bicyclic) bond motifs is 1. The summed E-state index contributed by atoms with van der Waals surface area (Å²) in [5.74, 6) is 1.05. The number of hydrogen-bond acceptors (Lipinski definition) is 5. The van der Waals surface area contributed by atoms with Crippen molar-refractivity contribution in [3.8, 4) is 11.5 Å². The molecule has 2 aromatic rings. The summed E-state index contributed by atoms with van der Waals surface area (Å²) >= 11 is 0. The number of nitrogens with zero attached hydrogens (tertiary/aromatic N) is 1. The Kier molecular flexibility index (Phi) is 7.89. The Morgan fingerprint density at radius 2 is 1.76 bits per heavy atom. The van der Waals surface area contributed by atoms with Gasteiger partial charge in [-0.1, -0.05) is 44.2 Å². The molecule has 1 aliphatic rings. The molecule has 0 fully saturated rings. The van der Waals surface area contributed by atoms with Crippen molar-refractivity contribution in [2.75, 3.05) is 30.3 Å². The summed E-state index contributed by atoms with van der Waals surface area (Å²) in [5, 5.41) is 3.06. The van der Waals surface area contributed by atoms with E-state index < -0.39 is 10.0 Å². The van der Waals surface area contributed by atoms with Gasteiger partial charge in [0.2, 0.25) is 15.9 Å². The molecule has 7 nitrogen and oxygen atoms in total. The fourth-order valence-corrected chi connectivity index (χ4v) is 5.18. The smallest absolute Gasteiger partial charge is 0.232 e. The number of rotatable bonds is 10. The highest BCUT2D eigenvalue weighted by Gasteiger charge is 2.24. The standard InChI is InChI=1S/C25H34N2O5S/c1-19(18-25(2,3)20-9-6-5-7-10-20)26-24(28)11-8-14-27(33(4,29)30)21-12-13-22-23(17-21)32-16-15-31-22/h5-7,9-10,12-13,17,19H,8,11,14-16,18H2,1-4H3,(H,26,28)/t19-/m1/s1. The lowest BCUT2D eigenvalue weighted by atomic mass is 9.79. The van der Waals surface area contributed by atoms with Crippen LogP contribution in [-0.4, -0.2) is 46.4 Å². The number of sulfonamides is 1. The summed E-state index contributed by atoms with van der Waals surface area (Å²) < 4.78 is 37.2. The van der Waals surface area contributed by atoms with Crippen molar-refractivity contribution in [1.29, 1.82) is 0 Å². The van der Waals surface area contributed by atoms with Crippen LogP contribution >= 0.6 is 0 Å². The molecule has 1 amide bonds. The zero-order chi connectivity index (χ0) is 24.1. The largest absolute Gasteiger partial charge is 0.486 e. The Hall–Kier alpha value is -2.74. The van der Waals surface area contributed by atoms with Gasteiger partial charge in [-0.15, -0.1) is 0 Å². The van der Waals surface area contributed by atoms with Crippen molar-refractivity contribution in [2.24, 2.45) is 0 Å². The van der Waals surface area contributed by atoms with Gasteiger partial charge in [0.25, 0.3) is 0 Å². The van der Waals surface area contributed by atoms with Crippen molar-refractivity contribution in [2.45, 2.75) is 51.5 Å². The first kappa shape index (κ1) is 24.9. The van der Waals surface area contributed by atoms with Crippen molar-refractivity contribution in [3.05, 3.63) is 54.1 Å². The van der Waals surface area contributed by atoms with E-state index >= 15 is 0 Å². The SMILES string of the molecule is C[C@H](CC(C)(C)c1ccccc1)NC(=O)CCCN(c1ccc2c(c1)OCCO2)S(C)(=O)=O. The van der Waals surface area contributed by atoms with Crippen LogP contribution in [0.4, 0.5) is 5.69 Å². The molecule has 0 saturated heterocycles. The number of anilines is 1. The number of amides is 1. The molecule has 33 heavy (non-hydrogen) atoms. The minimum absolute atomic E-state index is 0.00323. The van der Waals surface area contributed by atoms with E-state index in [2.05, 4.69) is 31.3 Å². The molecule has 1 heterocycles. The number of hydrogen-bond donors (Lipinski definition) is 1. The van der Waals surface area contributed by atoms with Crippen molar-refractivity contribution < 1.29 is 22.7 Å². The van der Waals surface area contributed by atoms with Crippen LogP contribution in [0.5, 0.6) is 11.5 Å². The molecule has 0 bridgehead atoms. The van der Waals surface area contributed by atoms with Crippen LogP contribution in [-0.2, 0) is 20.2 Å². The normalized spacial score (nSPS) is 14.4. The zero-order valence-corrected chi connectivity index (χ0v) is 20.7. The van der Waals surface area contributed by atoms with Crippen LogP contribution in [0.1, 0.15) is 45.6 Å². The first-order valence-corrected chi connectivity index (χ1v) is 13.1. The fourth-order valence-electron chi connectivity index (χ4n) is 4.23. The van der Waals surface area contributed by atoms with Gasteiger partial charge in [0.05, 0.1) is 11.9 Å². The zero-order valence-electron chi connectivity index (χ0n) is 19.8. The van der Waals surface area contributed by atoms with Crippen molar-refractivity contribution in [1.82, 2.24) is 5.32 Å². The summed E-state index contributed by atoms with van der Waals surface area (Å²) in [5.41, 5.74) is 1.66. The maximum atomic E-state index is 12.5. The van der Waals surface area contributed by atoms with Crippen molar-refractivity contribution in [3.63, 3.8) is 0 Å². The minimum Gasteiger partial charge on any atom is -0.486 e. The van der Waals surface area contributed by atoms with Crippen LogP contribution in [0.3, 0.4) is 0 Å². The van der Waals surface area contributed by atoms with Crippen molar-refractivity contribution >= 4 is 21.6 Å². The van der Waals surface area contributed by atoms with E-state index in [0.29, 0.717) is 36.8 Å². The fraction of sp³-hybridized carbons (Fsp3) is 0.480. The van der Waals surface area contributed by atoms with E-state index in [1.807, 2.05) is 25.1 Å². The van der Waals surface area contributed by atoms with Crippen LogP contribution in [0.15, 0.2) is 48.5 Å².